The first-order valence-corrected chi connectivity index (χ1v) is 7.17. The first kappa shape index (κ1) is 15.6. The summed E-state index contributed by atoms with van der Waals surface area (Å²) in [5.74, 6) is -0.389. The SMILES string of the molecule is CCOC(=O)/C=C(/Nc1ccc(C)cc1N)c1ccccc1. The fourth-order valence-corrected chi connectivity index (χ4v) is 2.05. The summed E-state index contributed by atoms with van der Waals surface area (Å²) in [5, 5.41) is 3.22. The van der Waals surface area contributed by atoms with E-state index in [2.05, 4.69) is 5.32 Å². The summed E-state index contributed by atoms with van der Waals surface area (Å²) in [5.41, 5.74) is 10.0. The highest BCUT2D eigenvalue weighted by Crippen LogP contribution is 2.24. The van der Waals surface area contributed by atoms with E-state index in [1.54, 1.807) is 6.92 Å². The maximum absolute atomic E-state index is 11.8. The molecule has 3 N–H and O–H groups in total. The molecule has 0 unspecified atom stereocenters. The largest absolute Gasteiger partial charge is 0.463 e. The normalized spacial score (nSPS) is 11.1. The van der Waals surface area contributed by atoms with Crippen molar-refractivity contribution in [2.45, 2.75) is 13.8 Å². The van der Waals surface area contributed by atoms with Crippen LogP contribution < -0.4 is 11.1 Å². The lowest BCUT2D eigenvalue weighted by Crippen LogP contribution is -2.07. The standard InChI is InChI=1S/C18H20N2O2/c1-3-22-18(21)12-17(14-7-5-4-6-8-14)20-16-10-9-13(2)11-15(16)19/h4-12,20H,3,19H2,1-2H3/b17-12+. The van der Waals surface area contributed by atoms with Crippen LogP contribution in [-0.2, 0) is 9.53 Å². The number of benzene rings is 2. The highest BCUT2D eigenvalue weighted by atomic mass is 16.5. The van der Waals surface area contributed by atoms with Gasteiger partial charge in [-0.25, -0.2) is 4.79 Å². The lowest BCUT2D eigenvalue weighted by Gasteiger charge is -2.14. The van der Waals surface area contributed by atoms with Crippen LogP contribution in [0.1, 0.15) is 18.1 Å². The van der Waals surface area contributed by atoms with Crippen LogP contribution in [0.5, 0.6) is 0 Å². The Morgan fingerprint density at radius 3 is 2.59 bits per heavy atom. The van der Waals surface area contributed by atoms with Crippen LogP contribution in [0.2, 0.25) is 0 Å². The zero-order chi connectivity index (χ0) is 15.9. The molecule has 2 rings (SSSR count). The number of esters is 1. The Kier molecular flexibility index (Phi) is 5.20. The number of hydrogen-bond donors (Lipinski definition) is 2. The number of hydrogen-bond acceptors (Lipinski definition) is 4. The first-order valence-electron chi connectivity index (χ1n) is 7.17. The molecule has 0 atom stereocenters. The number of ether oxygens (including phenoxy) is 1. The molecule has 0 bridgehead atoms. The molecule has 0 amide bonds. The third kappa shape index (κ3) is 4.12. The zero-order valence-corrected chi connectivity index (χ0v) is 12.8. The Labute approximate surface area is 130 Å². The average Bonchev–Trinajstić information content (AvgIpc) is 2.50. The molecule has 0 saturated heterocycles. The Balaban J connectivity index is 2.34. The van der Waals surface area contributed by atoms with Gasteiger partial charge in [0, 0.05) is 6.08 Å². The second-order valence-corrected chi connectivity index (χ2v) is 4.89. The van der Waals surface area contributed by atoms with E-state index in [-0.39, 0.29) is 5.97 Å². The van der Waals surface area contributed by atoms with Gasteiger partial charge in [0.25, 0.3) is 0 Å². The van der Waals surface area contributed by atoms with Gasteiger partial charge < -0.3 is 15.8 Å². The summed E-state index contributed by atoms with van der Waals surface area (Å²) in [7, 11) is 0. The summed E-state index contributed by atoms with van der Waals surface area (Å²) in [6, 6.07) is 15.3. The van der Waals surface area contributed by atoms with Gasteiger partial charge in [0.05, 0.1) is 23.7 Å². The number of nitrogens with one attached hydrogen (secondary N) is 1. The van der Waals surface area contributed by atoms with Gasteiger partial charge in [0.1, 0.15) is 0 Å². The smallest absolute Gasteiger partial charge is 0.332 e. The monoisotopic (exact) mass is 296 g/mol. The van der Waals surface area contributed by atoms with Gasteiger partial charge in [0.2, 0.25) is 0 Å². The van der Waals surface area contributed by atoms with E-state index in [0.29, 0.717) is 18.0 Å². The summed E-state index contributed by atoms with van der Waals surface area (Å²) in [4.78, 5) is 11.8. The molecule has 0 aliphatic carbocycles. The molecule has 0 aromatic heterocycles. The van der Waals surface area contributed by atoms with Crippen molar-refractivity contribution in [1.29, 1.82) is 0 Å². The van der Waals surface area contributed by atoms with E-state index in [0.717, 1.165) is 16.8 Å². The highest BCUT2D eigenvalue weighted by Gasteiger charge is 2.08. The van der Waals surface area contributed by atoms with Crippen molar-refractivity contribution >= 4 is 23.0 Å². The number of nitrogen functional groups attached to an aromatic ring is 1. The van der Waals surface area contributed by atoms with Gasteiger partial charge in [-0.15, -0.1) is 0 Å². The van der Waals surface area contributed by atoms with Crippen molar-refractivity contribution in [3.63, 3.8) is 0 Å². The number of carbonyl (C=O) groups is 1. The first-order chi connectivity index (χ1) is 10.6. The number of nitrogens with two attached hydrogens (primary N) is 1. The molecule has 2 aromatic carbocycles. The van der Waals surface area contributed by atoms with Gasteiger partial charge in [-0.05, 0) is 37.1 Å². The summed E-state index contributed by atoms with van der Waals surface area (Å²) >= 11 is 0. The molecule has 22 heavy (non-hydrogen) atoms. The van der Waals surface area contributed by atoms with Crippen LogP contribution in [0.15, 0.2) is 54.6 Å². The topological polar surface area (TPSA) is 64.3 Å². The number of carbonyl (C=O) groups excluding carboxylic acids is 1. The zero-order valence-electron chi connectivity index (χ0n) is 12.8. The number of aryl methyl sites for hydroxylation is 1. The summed E-state index contributed by atoms with van der Waals surface area (Å²) < 4.78 is 4.99. The molecule has 0 radical (unpaired) electrons. The molecule has 0 heterocycles. The van der Waals surface area contributed by atoms with Crippen LogP contribution in [0.25, 0.3) is 5.70 Å². The summed E-state index contributed by atoms with van der Waals surface area (Å²) in [6.45, 7) is 4.09. The average molecular weight is 296 g/mol. The van der Waals surface area contributed by atoms with Crippen molar-refractivity contribution in [2.75, 3.05) is 17.7 Å². The van der Waals surface area contributed by atoms with E-state index in [1.165, 1.54) is 6.08 Å². The molecule has 0 saturated carbocycles. The van der Waals surface area contributed by atoms with Gasteiger partial charge in [0.15, 0.2) is 0 Å². The third-order valence-corrected chi connectivity index (χ3v) is 3.11. The molecular formula is C18H20N2O2. The van der Waals surface area contributed by atoms with E-state index in [1.807, 2.05) is 55.5 Å². The Hall–Kier alpha value is -2.75. The fraction of sp³-hybridized carbons (Fsp3) is 0.167. The number of rotatable bonds is 5. The van der Waals surface area contributed by atoms with Crippen LogP contribution in [0.4, 0.5) is 11.4 Å². The molecular weight excluding hydrogens is 276 g/mol. The van der Waals surface area contributed by atoms with Crippen molar-refractivity contribution in [1.82, 2.24) is 0 Å². The lowest BCUT2D eigenvalue weighted by molar-refractivity contribution is -0.137. The summed E-state index contributed by atoms with van der Waals surface area (Å²) in [6.07, 6.45) is 1.44. The van der Waals surface area contributed by atoms with Gasteiger partial charge in [-0.1, -0.05) is 36.4 Å². The maximum atomic E-state index is 11.8. The lowest BCUT2D eigenvalue weighted by atomic mass is 10.1. The van der Waals surface area contributed by atoms with E-state index < -0.39 is 0 Å². The van der Waals surface area contributed by atoms with Crippen molar-refractivity contribution in [3.05, 3.63) is 65.7 Å². The Bertz CT molecular complexity index is 679. The van der Waals surface area contributed by atoms with Crippen molar-refractivity contribution in [2.24, 2.45) is 0 Å². The fourth-order valence-electron chi connectivity index (χ4n) is 2.05. The Morgan fingerprint density at radius 2 is 1.95 bits per heavy atom. The van der Waals surface area contributed by atoms with Crippen molar-refractivity contribution < 1.29 is 9.53 Å². The molecule has 2 aromatic rings. The minimum atomic E-state index is -0.389. The van der Waals surface area contributed by atoms with Crippen LogP contribution >= 0.6 is 0 Å². The van der Waals surface area contributed by atoms with Crippen LogP contribution in [0.3, 0.4) is 0 Å². The molecule has 4 heteroatoms. The minimum Gasteiger partial charge on any atom is -0.463 e. The molecule has 4 nitrogen and oxygen atoms in total. The minimum absolute atomic E-state index is 0.337. The van der Waals surface area contributed by atoms with Gasteiger partial charge in [-0.3, -0.25) is 0 Å². The molecule has 0 aliphatic rings. The second-order valence-electron chi connectivity index (χ2n) is 4.89. The molecule has 114 valence electrons. The van der Waals surface area contributed by atoms with Crippen molar-refractivity contribution in [3.8, 4) is 0 Å². The molecule has 0 spiro atoms. The Morgan fingerprint density at radius 1 is 1.23 bits per heavy atom. The number of anilines is 2. The predicted molar refractivity (Wildman–Crippen MR) is 90.3 cm³/mol. The van der Waals surface area contributed by atoms with E-state index in [9.17, 15) is 4.79 Å². The van der Waals surface area contributed by atoms with Gasteiger partial charge in [-0.2, -0.15) is 0 Å². The second kappa shape index (κ2) is 7.31. The third-order valence-electron chi connectivity index (χ3n) is 3.11. The predicted octanol–water partition coefficient (Wildman–Crippen LogP) is 3.59. The van der Waals surface area contributed by atoms with E-state index in [4.69, 9.17) is 10.5 Å². The van der Waals surface area contributed by atoms with E-state index >= 15 is 0 Å². The molecule has 0 aliphatic heterocycles. The van der Waals surface area contributed by atoms with Crippen LogP contribution in [0, 0.1) is 6.92 Å². The maximum Gasteiger partial charge on any atom is 0.332 e. The van der Waals surface area contributed by atoms with Crippen LogP contribution in [-0.4, -0.2) is 12.6 Å². The quantitative estimate of drug-likeness (QED) is 0.503. The van der Waals surface area contributed by atoms with Gasteiger partial charge >= 0.3 is 5.97 Å². The molecule has 0 fully saturated rings. The highest BCUT2D eigenvalue weighted by molar-refractivity contribution is 5.95.